The van der Waals surface area contributed by atoms with Crippen molar-refractivity contribution in [2.24, 2.45) is 5.92 Å². The molecule has 0 spiro atoms. The minimum Gasteiger partial charge on any atom is -0.381 e. The molecular weight excluding hydrogens is 341 g/mol. The molecule has 1 atom stereocenters. The van der Waals surface area contributed by atoms with Crippen LogP contribution in [0.25, 0.3) is 0 Å². The molecule has 0 amide bonds. The number of ether oxygens (including phenoxy) is 1. The number of unbranched alkanes of at least 4 members (excludes halogenated alkanes) is 1. The van der Waals surface area contributed by atoms with Gasteiger partial charge in [-0.25, -0.2) is 0 Å². The molecule has 4 heteroatoms. The van der Waals surface area contributed by atoms with Gasteiger partial charge < -0.3 is 4.74 Å². The van der Waals surface area contributed by atoms with E-state index in [0.29, 0.717) is 6.04 Å². The first-order valence-electron chi connectivity index (χ1n) is 6.97. The van der Waals surface area contributed by atoms with E-state index < -0.39 is 8.07 Å². The van der Waals surface area contributed by atoms with Crippen LogP contribution in [-0.4, -0.2) is 27.3 Å². The van der Waals surface area contributed by atoms with Crippen LogP contribution >= 0.6 is 22.9 Å². The average molecular weight is 369 g/mol. The first-order chi connectivity index (χ1) is 8.03. The lowest BCUT2D eigenvalue weighted by atomic mass is 9.89. The molecule has 1 N–H and O–H groups in total. The maximum atomic E-state index is 5.44. The Bertz CT molecular complexity index is 202. The van der Waals surface area contributed by atoms with Crippen LogP contribution in [0.5, 0.6) is 0 Å². The summed E-state index contributed by atoms with van der Waals surface area (Å²) in [5, 5.41) is 0. The van der Waals surface area contributed by atoms with Gasteiger partial charge in [0.1, 0.15) is 0 Å². The van der Waals surface area contributed by atoms with Crippen LogP contribution < -0.4 is 3.53 Å². The predicted octanol–water partition coefficient (Wildman–Crippen LogP) is 4.23. The van der Waals surface area contributed by atoms with Gasteiger partial charge in [0.25, 0.3) is 0 Å². The SMILES string of the molecule is C[Si](C)(C)CCCCC(NI)C1CCOCC1. The zero-order chi connectivity index (χ0) is 12.7. The van der Waals surface area contributed by atoms with Gasteiger partial charge in [0.2, 0.25) is 0 Å². The van der Waals surface area contributed by atoms with Crippen molar-refractivity contribution < 1.29 is 4.74 Å². The van der Waals surface area contributed by atoms with E-state index in [-0.39, 0.29) is 0 Å². The van der Waals surface area contributed by atoms with Crippen molar-refractivity contribution >= 4 is 30.9 Å². The van der Waals surface area contributed by atoms with Crippen molar-refractivity contribution in [3.8, 4) is 0 Å². The van der Waals surface area contributed by atoms with Gasteiger partial charge in [0, 0.05) is 50.2 Å². The lowest BCUT2D eigenvalue weighted by Crippen LogP contribution is -2.34. The Morgan fingerprint density at radius 3 is 2.41 bits per heavy atom. The summed E-state index contributed by atoms with van der Waals surface area (Å²) in [4.78, 5) is 0. The average Bonchev–Trinajstić information content (AvgIpc) is 2.29. The summed E-state index contributed by atoms with van der Waals surface area (Å²) >= 11 is 2.34. The number of halogens is 1. The summed E-state index contributed by atoms with van der Waals surface area (Å²) < 4.78 is 8.94. The molecule has 1 unspecified atom stereocenters. The van der Waals surface area contributed by atoms with E-state index in [0.717, 1.165) is 19.1 Å². The third-order valence-electron chi connectivity index (χ3n) is 3.67. The minimum absolute atomic E-state index is 0.709. The van der Waals surface area contributed by atoms with E-state index in [2.05, 4.69) is 46.0 Å². The van der Waals surface area contributed by atoms with Crippen LogP contribution in [0.4, 0.5) is 0 Å². The molecule has 0 aromatic rings. The summed E-state index contributed by atoms with van der Waals surface area (Å²) in [5.41, 5.74) is 0. The summed E-state index contributed by atoms with van der Waals surface area (Å²) in [6, 6.07) is 2.19. The van der Waals surface area contributed by atoms with Gasteiger partial charge in [-0.2, -0.15) is 0 Å². The predicted molar refractivity (Wildman–Crippen MR) is 86.5 cm³/mol. The first-order valence-corrected chi connectivity index (χ1v) is 11.8. The second-order valence-corrected chi connectivity index (χ2v) is 12.7. The first kappa shape index (κ1) is 15.9. The van der Waals surface area contributed by atoms with E-state index in [1.807, 2.05) is 0 Å². The fourth-order valence-corrected chi connectivity index (χ4v) is 4.65. The van der Waals surface area contributed by atoms with Gasteiger partial charge in [-0.3, -0.25) is 3.53 Å². The largest absolute Gasteiger partial charge is 0.381 e. The second kappa shape index (κ2) is 8.12. The smallest absolute Gasteiger partial charge is 0.0469 e. The van der Waals surface area contributed by atoms with Crippen molar-refractivity contribution in [3.05, 3.63) is 0 Å². The fraction of sp³-hybridized carbons (Fsp3) is 1.00. The molecule has 1 rings (SSSR count). The lowest BCUT2D eigenvalue weighted by Gasteiger charge is -2.29. The number of nitrogens with one attached hydrogen (secondary N) is 1. The Labute approximate surface area is 122 Å². The molecule has 1 heterocycles. The van der Waals surface area contributed by atoms with Crippen LogP contribution in [0.1, 0.15) is 32.1 Å². The molecule has 1 saturated heterocycles. The molecular formula is C13H28INOSi. The lowest BCUT2D eigenvalue weighted by molar-refractivity contribution is 0.0562. The Kier molecular flexibility index (Phi) is 7.61. The molecule has 0 bridgehead atoms. The summed E-state index contributed by atoms with van der Waals surface area (Å²) in [7, 11) is -0.821. The van der Waals surface area contributed by atoms with Crippen LogP contribution in [0.2, 0.25) is 25.7 Å². The van der Waals surface area contributed by atoms with E-state index in [4.69, 9.17) is 4.74 Å². The number of hydrogen-bond acceptors (Lipinski definition) is 2. The second-order valence-electron chi connectivity index (χ2n) is 6.47. The fourth-order valence-electron chi connectivity index (χ4n) is 2.52. The van der Waals surface area contributed by atoms with Crippen LogP contribution in [-0.2, 0) is 4.74 Å². The quantitative estimate of drug-likeness (QED) is 0.314. The standard InChI is InChI=1S/C13H28INOSi/c1-17(2,3)11-5-4-6-13(15-14)12-7-9-16-10-8-12/h12-13,15H,4-11H2,1-3H3. The Hall–Kier alpha value is 0.867. The number of hydrogen-bond donors (Lipinski definition) is 1. The highest BCUT2D eigenvalue weighted by Gasteiger charge is 2.23. The highest BCUT2D eigenvalue weighted by molar-refractivity contribution is 14.1. The summed E-state index contributed by atoms with van der Waals surface area (Å²) in [5.74, 6) is 0.840. The molecule has 2 nitrogen and oxygen atoms in total. The van der Waals surface area contributed by atoms with Crippen molar-refractivity contribution in [3.63, 3.8) is 0 Å². The maximum absolute atomic E-state index is 5.44. The maximum Gasteiger partial charge on any atom is 0.0469 e. The highest BCUT2D eigenvalue weighted by Crippen LogP contribution is 2.24. The zero-order valence-electron chi connectivity index (χ0n) is 11.6. The molecule has 1 aliphatic rings. The van der Waals surface area contributed by atoms with Crippen LogP contribution in [0.3, 0.4) is 0 Å². The third kappa shape index (κ3) is 7.13. The molecule has 17 heavy (non-hydrogen) atoms. The normalized spacial score (nSPS) is 20.5. The summed E-state index contributed by atoms with van der Waals surface area (Å²) in [6.07, 6.45) is 6.65. The van der Waals surface area contributed by atoms with Crippen LogP contribution in [0, 0.1) is 5.92 Å². The van der Waals surface area contributed by atoms with E-state index in [9.17, 15) is 0 Å². The van der Waals surface area contributed by atoms with Gasteiger partial charge in [0.15, 0.2) is 0 Å². The topological polar surface area (TPSA) is 21.3 Å². The molecule has 0 aromatic heterocycles. The monoisotopic (exact) mass is 369 g/mol. The Balaban J connectivity index is 2.18. The van der Waals surface area contributed by atoms with Gasteiger partial charge in [-0.1, -0.05) is 38.5 Å². The Morgan fingerprint density at radius 2 is 1.88 bits per heavy atom. The Morgan fingerprint density at radius 1 is 1.24 bits per heavy atom. The van der Waals surface area contributed by atoms with Gasteiger partial charge in [0.05, 0.1) is 0 Å². The van der Waals surface area contributed by atoms with Crippen molar-refractivity contribution in [2.75, 3.05) is 13.2 Å². The van der Waals surface area contributed by atoms with Gasteiger partial charge >= 0.3 is 0 Å². The van der Waals surface area contributed by atoms with E-state index in [1.165, 1.54) is 38.1 Å². The molecule has 0 saturated carbocycles. The van der Waals surface area contributed by atoms with Gasteiger partial charge in [-0.15, -0.1) is 0 Å². The van der Waals surface area contributed by atoms with Crippen molar-refractivity contribution in [1.29, 1.82) is 0 Å². The zero-order valence-corrected chi connectivity index (χ0v) is 14.8. The molecule has 1 aliphatic heterocycles. The molecule has 0 aromatic carbocycles. The third-order valence-corrected chi connectivity index (χ3v) is 6.32. The summed E-state index contributed by atoms with van der Waals surface area (Å²) in [6.45, 7) is 9.35. The van der Waals surface area contributed by atoms with Gasteiger partial charge in [-0.05, 0) is 25.2 Å². The molecule has 0 radical (unpaired) electrons. The molecule has 102 valence electrons. The molecule has 0 aliphatic carbocycles. The van der Waals surface area contributed by atoms with E-state index >= 15 is 0 Å². The minimum atomic E-state index is -0.821. The van der Waals surface area contributed by atoms with Crippen molar-refractivity contribution in [1.82, 2.24) is 3.53 Å². The molecule has 1 fully saturated rings. The van der Waals surface area contributed by atoms with E-state index in [1.54, 1.807) is 0 Å². The number of rotatable bonds is 7. The highest BCUT2D eigenvalue weighted by atomic mass is 127. The van der Waals surface area contributed by atoms with Crippen LogP contribution in [0.15, 0.2) is 0 Å². The van der Waals surface area contributed by atoms with Crippen molar-refractivity contribution in [2.45, 2.75) is 63.8 Å².